The maximum Gasteiger partial charge on any atom is 0.234 e. The first-order valence-electron chi connectivity index (χ1n) is 10.5. The van der Waals surface area contributed by atoms with E-state index in [0.29, 0.717) is 17.6 Å². The quantitative estimate of drug-likeness (QED) is 0.349. The Morgan fingerprint density at radius 3 is 2.47 bits per heavy atom. The molecule has 0 aliphatic carbocycles. The number of amides is 1. The molecule has 4 aromatic rings. The lowest BCUT2D eigenvalue weighted by atomic mass is 10.0. The summed E-state index contributed by atoms with van der Waals surface area (Å²) < 4.78 is 7.52. The predicted molar refractivity (Wildman–Crippen MR) is 128 cm³/mol. The number of hydrogen-bond acceptors (Lipinski definition) is 5. The lowest BCUT2D eigenvalue weighted by Gasteiger charge is -2.10. The number of nitrogens with zero attached hydrogens (tertiary/aromatic N) is 3. The van der Waals surface area contributed by atoms with Crippen molar-refractivity contribution in [2.75, 3.05) is 11.1 Å². The van der Waals surface area contributed by atoms with E-state index in [4.69, 9.17) is 4.42 Å². The van der Waals surface area contributed by atoms with Crippen LogP contribution in [0.15, 0.2) is 76.5 Å². The van der Waals surface area contributed by atoms with Gasteiger partial charge >= 0.3 is 0 Å². The molecule has 0 atom stereocenters. The zero-order valence-corrected chi connectivity index (χ0v) is 19.2. The van der Waals surface area contributed by atoms with Gasteiger partial charge in [0.15, 0.2) is 11.0 Å². The van der Waals surface area contributed by atoms with E-state index in [-0.39, 0.29) is 11.7 Å². The van der Waals surface area contributed by atoms with Crippen molar-refractivity contribution in [2.24, 2.45) is 0 Å². The van der Waals surface area contributed by atoms with Gasteiger partial charge in [0, 0.05) is 11.3 Å². The number of aryl methyl sites for hydroxylation is 1. The van der Waals surface area contributed by atoms with Gasteiger partial charge < -0.3 is 9.73 Å². The summed E-state index contributed by atoms with van der Waals surface area (Å²) in [6.07, 6.45) is 1.65. The van der Waals surface area contributed by atoms with E-state index in [1.54, 1.807) is 6.26 Å². The average Bonchev–Trinajstić information content (AvgIpc) is 3.44. The Morgan fingerprint density at radius 2 is 1.81 bits per heavy atom. The fourth-order valence-corrected chi connectivity index (χ4v) is 4.03. The third kappa shape index (κ3) is 5.29. The van der Waals surface area contributed by atoms with Crippen LogP contribution in [0.2, 0.25) is 0 Å². The largest absolute Gasteiger partial charge is 0.467 e. The van der Waals surface area contributed by atoms with Crippen LogP contribution in [0.5, 0.6) is 0 Å². The fourth-order valence-electron chi connectivity index (χ4n) is 3.29. The molecule has 164 valence electrons. The molecule has 0 spiro atoms. The van der Waals surface area contributed by atoms with E-state index < -0.39 is 0 Å². The van der Waals surface area contributed by atoms with Crippen LogP contribution in [-0.4, -0.2) is 26.4 Å². The predicted octanol–water partition coefficient (Wildman–Crippen LogP) is 5.75. The molecule has 2 aromatic heterocycles. The summed E-state index contributed by atoms with van der Waals surface area (Å²) in [4.78, 5) is 12.5. The summed E-state index contributed by atoms with van der Waals surface area (Å²) in [5, 5.41) is 12.4. The molecule has 0 saturated carbocycles. The van der Waals surface area contributed by atoms with Crippen molar-refractivity contribution in [3.63, 3.8) is 0 Å². The Kier molecular flexibility index (Phi) is 6.75. The molecule has 1 amide bonds. The van der Waals surface area contributed by atoms with Gasteiger partial charge in [-0.3, -0.25) is 9.36 Å². The van der Waals surface area contributed by atoms with Crippen molar-refractivity contribution >= 4 is 23.4 Å². The summed E-state index contributed by atoms with van der Waals surface area (Å²) in [6, 6.07) is 19.9. The van der Waals surface area contributed by atoms with Crippen LogP contribution < -0.4 is 5.32 Å². The average molecular weight is 447 g/mol. The molecule has 2 heterocycles. The molecule has 4 rings (SSSR count). The van der Waals surface area contributed by atoms with Crippen molar-refractivity contribution in [2.45, 2.75) is 38.4 Å². The Bertz CT molecular complexity index is 1160. The monoisotopic (exact) mass is 446 g/mol. The van der Waals surface area contributed by atoms with Gasteiger partial charge in [0.05, 0.1) is 18.6 Å². The topological polar surface area (TPSA) is 73.0 Å². The highest BCUT2D eigenvalue weighted by atomic mass is 32.2. The van der Waals surface area contributed by atoms with Crippen molar-refractivity contribution in [1.82, 2.24) is 14.8 Å². The number of hydrogen-bond donors (Lipinski definition) is 1. The second kappa shape index (κ2) is 9.87. The number of thioether (sulfide) groups is 1. The van der Waals surface area contributed by atoms with E-state index in [2.05, 4.69) is 29.4 Å². The third-order valence-electron chi connectivity index (χ3n) is 5.11. The van der Waals surface area contributed by atoms with Crippen molar-refractivity contribution in [3.05, 3.63) is 83.8 Å². The van der Waals surface area contributed by atoms with E-state index in [9.17, 15) is 4.79 Å². The van der Waals surface area contributed by atoms with Crippen LogP contribution in [0.25, 0.3) is 11.4 Å². The van der Waals surface area contributed by atoms with Crippen LogP contribution in [0.4, 0.5) is 5.69 Å². The molecule has 0 bridgehead atoms. The highest BCUT2D eigenvalue weighted by Gasteiger charge is 2.17. The van der Waals surface area contributed by atoms with Gasteiger partial charge in [-0.05, 0) is 42.7 Å². The standard InChI is InChI=1S/C25H26N4O2S/c1-17(2)19-10-12-21(13-11-19)26-23(30)16-32-25-28-27-24(20-8-6-18(3)7-9-20)29(25)15-22-5-4-14-31-22/h4-14,17H,15-16H2,1-3H3,(H,26,30). The number of furan rings is 1. The number of anilines is 1. The van der Waals surface area contributed by atoms with Crippen LogP contribution in [0.3, 0.4) is 0 Å². The number of benzene rings is 2. The molecule has 1 N–H and O–H groups in total. The Balaban J connectivity index is 1.48. The normalized spacial score (nSPS) is 11.1. The molecule has 2 aromatic carbocycles. The number of rotatable bonds is 8. The first-order chi connectivity index (χ1) is 15.5. The molecule has 0 aliphatic heterocycles. The maximum atomic E-state index is 12.5. The lowest BCUT2D eigenvalue weighted by molar-refractivity contribution is -0.113. The van der Waals surface area contributed by atoms with Crippen molar-refractivity contribution in [3.8, 4) is 11.4 Å². The zero-order chi connectivity index (χ0) is 22.5. The zero-order valence-electron chi connectivity index (χ0n) is 18.4. The molecule has 0 unspecified atom stereocenters. The third-order valence-corrected chi connectivity index (χ3v) is 6.08. The minimum atomic E-state index is -0.0864. The van der Waals surface area contributed by atoms with Crippen molar-refractivity contribution in [1.29, 1.82) is 0 Å². The highest BCUT2D eigenvalue weighted by Crippen LogP contribution is 2.26. The van der Waals surface area contributed by atoms with E-state index in [0.717, 1.165) is 22.8 Å². The molecule has 0 fully saturated rings. The molecule has 6 nitrogen and oxygen atoms in total. The molecular weight excluding hydrogens is 420 g/mol. The van der Waals surface area contributed by atoms with Gasteiger partial charge in [-0.15, -0.1) is 10.2 Å². The first-order valence-corrected chi connectivity index (χ1v) is 11.5. The van der Waals surface area contributed by atoms with E-state index >= 15 is 0 Å². The van der Waals surface area contributed by atoms with Crippen LogP contribution in [0, 0.1) is 6.92 Å². The minimum Gasteiger partial charge on any atom is -0.467 e. The van der Waals surface area contributed by atoms with Crippen LogP contribution in [-0.2, 0) is 11.3 Å². The molecule has 0 saturated heterocycles. The molecular formula is C25H26N4O2S. The first kappa shape index (κ1) is 21.9. The van der Waals surface area contributed by atoms with E-state index in [1.165, 1.54) is 22.9 Å². The molecule has 0 radical (unpaired) electrons. The highest BCUT2D eigenvalue weighted by molar-refractivity contribution is 7.99. The summed E-state index contributed by atoms with van der Waals surface area (Å²) in [6.45, 7) is 6.83. The smallest absolute Gasteiger partial charge is 0.234 e. The van der Waals surface area contributed by atoms with Crippen LogP contribution in [0.1, 0.15) is 36.7 Å². The molecule has 7 heteroatoms. The molecule has 32 heavy (non-hydrogen) atoms. The van der Waals surface area contributed by atoms with Crippen molar-refractivity contribution < 1.29 is 9.21 Å². The van der Waals surface area contributed by atoms with Gasteiger partial charge in [0.2, 0.25) is 5.91 Å². The summed E-state index contributed by atoms with van der Waals surface area (Å²) in [7, 11) is 0. The Hall–Kier alpha value is -3.32. The fraction of sp³-hybridized carbons (Fsp3) is 0.240. The second-order valence-corrected chi connectivity index (χ2v) is 8.89. The van der Waals surface area contributed by atoms with Gasteiger partial charge in [-0.2, -0.15) is 0 Å². The number of nitrogens with one attached hydrogen (secondary N) is 1. The van der Waals surface area contributed by atoms with Gasteiger partial charge in [-0.1, -0.05) is 67.6 Å². The van der Waals surface area contributed by atoms with Gasteiger partial charge in [-0.25, -0.2) is 0 Å². The lowest BCUT2D eigenvalue weighted by Crippen LogP contribution is -2.15. The van der Waals surface area contributed by atoms with E-state index in [1.807, 2.05) is 72.2 Å². The maximum absolute atomic E-state index is 12.5. The molecule has 0 aliphatic rings. The number of carbonyl (C=O) groups excluding carboxylic acids is 1. The Morgan fingerprint density at radius 1 is 1.06 bits per heavy atom. The Labute approximate surface area is 192 Å². The second-order valence-electron chi connectivity index (χ2n) is 7.95. The van der Waals surface area contributed by atoms with Crippen LogP contribution >= 0.6 is 11.8 Å². The summed E-state index contributed by atoms with van der Waals surface area (Å²) in [5.41, 5.74) is 4.18. The SMILES string of the molecule is Cc1ccc(-c2nnc(SCC(=O)Nc3ccc(C(C)C)cc3)n2Cc2ccco2)cc1. The van der Waals surface area contributed by atoms with Gasteiger partial charge in [0.1, 0.15) is 5.76 Å². The number of aromatic nitrogens is 3. The van der Waals surface area contributed by atoms with Gasteiger partial charge in [0.25, 0.3) is 0 Å². The summed E-state index contributed by atoms with van der Waals surface area (Å²) in [5.74, 6) is 2.15. The minimum absolute atomic E-state index is 0.0864. The number of carbonyl (C=O) groups is 1. The summed E-state index contributed by atoms with van der Waals surface area (Å²) >= 11 is 1.36.